The van der Waals surface area contributed by atoms with Crippen molar-refractivity contribution in [1.82, 2.24) is 0 Å². The van der Waals surface area contributed by atoms with Gasteiger partial charge in [-0.05, 0) is 17.7 Å². The topological polar surface area (TPSA) is 102 Å². The molecule has 0 aliphatic heterocycles. The Kier molecular flexibility index (Phi) is 6.67. The third-order valence-corrected chi connectivity index (χ3v) is 2.51. The van der Waals surface area contributed by atoms with E-state index in [0.29, 0.717) is 5.56 Å². The van der Waals surface area contributed by atoms with Crippen LogP contribution in [0.25, 0.3) is 0 Å². The number of hydrogen-bond donors (Lipinski definition) is 2. The first-order chi connectivity index (χ1) is 10.3. The summed E-state index contributed by atoms with van der Waals surface area (Å²) in [4.78, 5) is 22.4. The fourth-order valence-electron chi connectivity index (χ4n) is 1.39. The molecule has 0 spiro atoms. The monoisotopic (exact) mass is 320 g/mol. The Labute approximate surface area is 124 Å². The number of methoxy groups -OCH3 is 1. The summed E-state index contributed by atoms with van der Waals surface area (Å²) in [5, 5.41) is 18.6. The van der Waals surface area contributed by atoms with E-state index in [1.54, 1.807) is 0 Å². The average Bonchev–Trinajstić information content (AvgIpc) is 2.51. The van der Waals surface area contributed by atoms with E-state index in [2.05, 4.69) is 14.2 Å². The quantitative estimate of drug-likeness (QED) is 0.693. The highest BCUT2D eigenvalue weighted by atomic mass is 19.3. The van der Waals surface area contributed by atoms with Crippen molar-refractivity contribution in [1.29, 1.82) is 0 Å². The van der Waals surface area contributed by atoms with Crippen LogP contribution >= 0.6 is 0 Å². The summed E-state index contributed by atoms with van der Waals surface area (Å²) in [7, 11) is 0.979. The molecule has 22 heavy (non-hydrogen) atoms. The van der Waals surface area contributed by atoms with Gasteiger partial charge in [0.1, 0.15) is 12.4 Å². The molecule has 122 valence electrons. The molecule has 0 aliphatic carbocycles. The van der Waals surface area contributed by atoms with Crippen molar-refractivity contribution in [2.75, 3.05) is 7.11 Å². The van der Waals surface area contributed by atoms with Crippen molar-refractivity contribution in [3.63, 3.8) is 0 Å². The number of hydrogen-bond acceptors (Lipinski definition) is 7. The number of alkyl halides is 2. The van der Waals surface area contributed by atoms with Crippen molar-refractivity contribution in [3.05, 3.63) is 29.8 Å². The summed E-state index contributed by atoms with van der Waals surface area (Å²) in [5.74, 6) is -2.48. The summed E-state index contributed by atoms with van der Waals surface area (Å²) in [6.07, 6.45) is -4.15. The van der Waals surface area contributed by atoms with Gasteiger partial charge >= 0.3 is 18.6 Å². The molecule has 0 unspecified atom stereocenters. The van der Waals surface area contributed by atoms with E-state index >= 15 is 0 Å². The highest BCUT2D eigenvalue weighted by Gasteiger charge is 2.32. The molecule has 2 atom stereocenters. The first-order valence-corrected chi connectivity index (χ1v) is 5.99. The second kappa shape index (κ2) is 8.25. The van der Waals surface area contributed by atoms with Crippen molar-refractivity contribution in [2.24, 2.45) is 0 Å². The predicted molar refractivity (Wildman–Crippen MR) is 66.9 cm³/mol. The molecule has 1 aromatic rings. The molecule has 9 heteroatoms. The number of aliphatic hydroxyl groups excluding tert-OH is 2. The van der Waals surface area contributed by atoms with E-state index in [4.69, 9.17) is 0 Å². The summed E-state index contributed by atoms with van der Waals surface area (Å²) in [6, 6.07) is 5.23. The molecule has 0 bridgehead atoms. The molecular formula is C13H14F2O7. The van der Waals surface area contributed by atoms with Gasteiger partial charge in [0, 0.05) is 0 Å². The first kappa shape index (κ1) is 17.8. The summed E-state index contributed by atoms with van der Waals surface area (Å²) < 4.78 is 36.9. The lowest BCUT2D eigenvalue weighted by Gasteiger charge is -2.14. The lowest BCUT2D eigenvalue weighted by molar-refractivity contribution is -0.172. The fraction of sp³-hybridized carbons (Fsp3) is 0.385. The molecule has 0 saturated heterocycles. The fourth-order valence-corrected chi connectivity index (χ4v) is 1.39. The molecule has 0 fully saturated rings. The number of carbonyl (C=O) groups excluding carboxylic acids is 2. The number of carbonyl (C=O) groups is 2. The molecule has 0 radical (unpaired) electrons. The Morgan fingerprint density at radius 2 is 1.64 bits per heavy atom. The Bertz CT molecular complexity index is 504. The zero-order valence-corrected chi connectivity index (χ0v) is 11.4. The van der Waals surface area contributed by atoms with Crippen molar-refractivity contribution in [3.8, 4) is 5.75 Å². The summed E-state index contributed by atoms with van der Waals surface area (Å²) >= 11 is 0. The van der Waals surface area contributed by atoms with Crippen LogP contribution < -0.4 is 4.74 Å². The van der Waals surface area contributed by atoms with Crippen LogP contribution in [0.15, 0.2) is 24.3 Å². The van der Waals surface area contributed by atoms with E-state index in [-0.39, 0.29) is 12.4 Å². The van der Waals surface area contributed by atoms with Crippen LogP contribution in [0.1, 0.15) is 5.56 Å². The smallest absolute Gasteiger partial charge is 0.387 e. The number of ether oxygens (including phenoxy) is 3. The number of aliphatic hydroxyl groups is 2. The van der Waals surface area contributed by atoms with Gasteiger partial charge in [-0.1, -0.05) is 12.1 Å². The van der Waals surface area contributed by atoms with Gasteiger partial charge in [-0.2, -0.15) is 8.78 Å². The molecule has 0 aromatic heterocycles. The van der Waals surface area contributed by atoms with E-state index in [1.165, 1.54) is 24.3 Å². The SMILES string of the molecule is COC(=O)[C@@H](O)[C@@H](O)C(=O)OCc1ccc(OC(F)F)cc1. The first-order valence-electron chi connectivity index (χ1n) is 5.99. The molecule has 7 nitrogen and oxygen atoms in total. The highest BCUT2D eigenvalue weighted by Crippen LogP contribution is 2.15. The Balaban J connectivity index is 2.51. The summed E-state index contributed by atoms with van der Waals surface area (Å²) in [5.41, 5.74) is 0.426. The molecule has 0 aliphatic rings. The van der Waals surface area contributed by atoms with Crippen LogP contribution in [0.2, 0.25) is 0 Å². The molecule has 2 N–H and O–H groups in total. The molecular weight excluding hydrogens is 306 g/mol. The normalized spacial score (nSPS) is 13.4. The predicted octanol–water partition coefficient (Wildman–Crippen LogP) is 0.226. The standard InChI is InChI=1S/C13H14F2O7/c1-20-11(18)9(16)10(17)12(19)21-6-7-2-4-8(5-3-7)22-13(14)15/h2-5,9-10,13,16-17H,6H2,1H3/t9-,10+/m0/s1. The minimum atomic E-state index is -2.95. The van der Waals surface area contributed by atoms with E-state index in [0.717, 1.165) is 7.11 Å². The van der Waals surface area contributed by atoms with Crippen LogP contribution in [0.5, 0.6) is 5.75 Å². The summed E-state index contributed by atoms with van der Waals surface area (Å²) in [6.45, 7) is -3.24. The van der Waals surface area contributed by atoms with Gasteiger partial charge in [0.25, 0.3) is 0 Å². The lowest BCUT2D eigenvalue weighted by Crippen LogP contribution is -2.41. The van der Waals surface area contributed by atoms with Crippen LogP contribution in [0, 0.1) is 0 Å². The van der Waals surface area contributed by atoms with E-state index in [9.17, 15) is 28.6 Å². The minimum Gasteiger partial charge on any atom is -0.467 e. The maximum Gasteiger partial charge on any atom is 0.387 e. The number of halogens is 2. The van der Waals surface area contributed by atoms with Crippen molar-refractivity contribution in [2.45, 2.75) is 25.4 Å². The van der Waals surface area contributed by atoms with E-state index < -0.39 is 30.8 Å². The number of rotatable bonds is 7. The van der Waals surface area contributed by atoms with Crippen molar-refractivity contribution >= 4 is 11.9 Å². The number of benzene rings is 1. The Hall–Kier alpha value is -2.26. The average molecular weight is 320 g/mol. The third kappa shape index (κ3) is 5.26. The Morgan fingerprint density at radius 3 is 2.14 bits per heavy atom. The van der Waals surface area contributed by atoms with Crippen LogP contribution in [0.4, 0.5) is 8.78 Å². The maximum absolute atomic E-state index is 12.0. The van der Waals surface area contributed by atoms with Gasteiger partial charge in [-0.25, -0.2) is 9.59 Å². The molecule has 0 heterocycles. The van der Waals surface area contributed by atoms with Gasteiger partial charge in [-0.15, -0.1) is 0 Å². The van der Waals surface area contributed by atoms with E-state index in [1.807, 2.05) is 0 Å². The van der Waals surface area contributed by atoms with Crippen molar-refractivity contribution < 1.29 is 42.8 Å². The van der Waals surface area contributed by atoms with Gasteiger partial charge in [-0.3, -0.25) is 0 Å². The highest BCUT2D eigenvalue weighted by molar-refractivity contribution is 5.85. The zero-order valence-electron chi connectivity index (χ0n) is 11.4. The van der Waals surface area contributed by atoms with Gasteiger partial charge in [0.2, 0.25) is 0 Å². The largest absolute Gasteiger partial charge is 0.467 e. The van der Waals surface area contributed by atoms with Gasteiger partial charge < -0.3 is 24.4 Å². The minimum absolute atomic E-state index is 0.0637. The molecule has 1 rings (SSSR count). The van der Waals surface area contributed by atoms with Crippen LogP contribution in [0.3, 0.4) is 0 Å². The van der Waals surface area contributed by atoms with Crippen LogP contribution in [-0.4, -0.2) is 48.1 Å². The van der Waals surface area contributed by atoms with Crippen LogP contribution in [-0.2, 0) is 25.7 Å². The molecule has 0 saturated carbocycles. The zero-order chi connectivity index (χ0) is 16.7. The Morgan fingerprint density at radius 1 is 1.09 bits per heavy atom. The third-order valence-electron chi connectivity index (χ3n) is 2.51. The lowest BCUT2D eigenvalue weighted by atomic mass is 10.2. The second-order valence-corrected chi connectivity index (χ2v) is 4.04. The molecule has 1 aromatic carbocycles. The van der Waals surface area contributed by atoms with Gasteiger partial charge in [0.15, 0.2) is 12.2 Å². The maximum atomic E-state index is 12.0. The number of esters is 2. The second-order valence-electron chi connectivity index (χ2n) is 4.04. The van der Waals surface area contributed by atoms with Gasteiger partial charge in [0.05, 0.1) is 7.11 Å². The molecule has 0 amide bonds.